The van der Waals surface area contributed by atoms with E-state index in [9.17, 15) is 4.79 Å². The molecule has 0 aromatic heterocycles. The fourth-order valence-electron chi connectivity index (χ4n) is 4.17. The predicted octanol–water partition coefficient (Wildman–Crippen LogP) is 7.18. The standard InChI is InChI=1S/C28H55NO3/c1-2-3-4-5-6-7-8-9-10-11-12-13-14-15-16-17-18-19-20-21-22-23-28(32)29(24-26-30)25-27-31/h9-10,30-31H,2-8,11-27H2,1H3/b10-9-. The van der Waals surface area contributed by atoms with E-state index in [4.69, 9.17) is 10.2 Å². The lowest BCUT2D eigenvalue weighted by Gasteiger charge is -2.20. The Morgan fingerprint density at radius 3 is 1.38 bits per heavy atom. The SMILES string of the molecule is CCCCCCCC/C=C\CCCCCCCCCCCCCC(=O)N(CCO)CCO. The summed E-state index contributed by atoms with van der Waals surface area (Å²) < 4.78 is 0. The van der Waals surface area contributed by atoms with Gasteiger partial charge in [-0.05, 0) is 32.1 Å². The van der Waals surface area contributed by atoms with E-state index in [0.29, 0.717) is 19.5 Å². The number of carbonyl (C=O) groups excluding carboxylic acids is 1. The van der Waals surface area contributed by atoms with Crippen LogP contribution in [0.25, 0.3) is 0 Å². The van der Waals surface area contributed by atoms with Gasteiger partial charge in [0.05, 0.1) is 13.2 Å². The highest BCUT2D eigenvalue weighted by Gasteiger charge is 2.11. The molecule has 0 saturated carbocycles. The van der Waals surface area contributed by atoms with Gasteiger partial charge in [-0.25, -0.2) is 0 Å². The summed E-state index contributed by atoms with van der Waals surface area (Å²) in [4.78, 5) is 13.6. The van der Waals surface area contributed by atoms with Crippen molar-refractivity contribution in [3.63, 3.8) is 0 Å². The minimum atomic E-state index is -0.0396. The second kappa shape index (κ2) is 26.4. The van der Waals surface area contributed by atoms with Crippen molar-refractivity contribution in [2.45, 2.75) is 135 Å². The molecular formula is C28H55NO3. The molecule has 0 aromatic rings. The van der Waals surface area contributed by atoms with Crippen molar-refractivity contribution in [3.8, 4) is 0 Å². The molecule has 2 N–H and O–H groups in total. The summed E-state index contributed by atoms with van der Waals surface area (Å²) in [6.07, 6.45) is 30.2. The topological polar surface area (TPSA) is 60.8 Å². The minimum Gasteiger partial charge on any atom is -0.395 e. The van der Waals surface area contributed by atoms with Crippen LogP contribution in [-0.2, 0) is 4.79 Å². The molecule has 0 aliphatic heterocycles. The average Bonchev–Trinajstić information content (AvgIpc) is 2.79. The highest BCUT2D eigenvalue weighted by molar-refractivity contribution is 5.76. The van der Waals surface area contributed by atoms with Crippen molar-refractivity contribution in [3.05, 3.63) is 12.2 Å². The lowest BCUT2D eigenvalue weighted by molar-refractivity contribution is -0.132. The summed E-state index contributed by atoms with van der Waals surface area (Å²) in [5, 5.41) is 18.0. The van der Waals surface area contributed by atoms with Gasteiger partial charge in [-0.1, -0.05) is 109 Å². The Morgan fingerprint density at radius 1 is 0.594 bits per heavy atom. The zero-order valence-corrected chi connectivity index (χ0v) is 21.4. The van der Waals surface area contributed by atoms with Crippen LogP contribution in [0.1, 0.15) is 135 Å². The van der Waals surface area contributed by atoms with E-state index in [0.717, 1.165) is 12.8 Å². The molecule has 0 fully saturated rings. The predicted molar refractivity (Wildman–Crippen MR) is 138 cm³/mol. The van der Waals surface area contributed by atoms with Crippen LogP contribution in [0.3, 0.4) is 0 Å². The van der Waals surface area contributed by atoms with E-state index < -0.39 is 0 Å². The number of nitrogens with zero attached hydrogens (tertiary/aromatic N) is 1. The van der Waals surface area contributed by atoms with Crippen LogP contribution < -0.4 is 0 Å². The molecule has 0 spiro atoms. The largest absolute Gasteiger partial charge is 0.395 e. The molecule has 0 rings (SSSR count). The highest BCUT2D eigenvalue weighted by atomic mass is 16.3. The molecule has 4 heteroatoms. The molecule has 0 aliphatic rings. The van der Waals surface area contributed by atoms with E-state index in [2.05, 4.69) is 19.1 Å². The second-order valence-corrected chi connectivity index (χ2v) is 9.28. The van der Waals surface area contributed by atoms with Gasteiger partial charge in [0.1, 0.15) is 0 Å². The number of amides is 1. The summed E-state index contributed by atoms with van der Waals surface area (Å²) in [7, 11) is 0. The molecule has 32 heavy (non-hydrogen) atoms. The summed E-state index contributed by atoms with van der Waals surface area (Å²) >= 11 is 0. The lowest BCUT2D eigenvalue weighted by Crippen LogP contribution is -2.35. The highest BCUT2D eigenvalue weighted by Crippen LogP contribution is 2.13. The van der Waals surface area contributed by atoms with Crippen molar-refractivity contribution >= 4 is 5.91 Å². The van der Waals surface area contributed by atoms with E-state index in [-0.39, 0.29) is 19.1 Å². The molecule has 0 aromatic carbocycles. The van der Waals surface area contributed by atoms with Crippen LogP contribution in [0.4, 0.5) is 0 Å². The van der Waals surface area contributed by atoms with Gasteiger partial charge in [0.2, 0.25) is 5.91 Å². The number of unbranched alkanes of at least 4 members (excludes halogenated alkanes) is 17. The van der Waals surface area contributed by atoms with Gasteiger partial charge in [0, 0.05) is 19.5 Å². The molecular weight excluding hydrogens is 398 g/mol. The van der Waals surface area contributed by atoms with Crippen LogP contribution in [0.2, 0.25) is 0 Å². The van der Waals surface area contributed by atoms with Crippen LogP contribution >= 0.6 is 0 Å². The van der Waals surface area contributed by atoms with Crippen molar-refractivity contribution in [1.29, 1.82) is 0 Å². The molecule has 0 radical (unpaired) electrons. The van der Waals surface area contributed by atoms with Gasteiger partial charge in [0.15, 0.2) is 0 Å². The molecule has 0 heterocycles. The summed E-state index contributed by atoms with van der Waals surface area (Å²) in [5.41, 5.74) is 0. The van der Waals surface area contributed by atoms with Crippen molar-refractivity contribution in [1.82, 2.24) is 4.90 Å². The van der Waals surface area contributed by atoms with E-state index in [1.165, 1.54) is 109 Å². The minimum absolute atomic E-state index is 0.0396. The zero-order chi connectivity index (χ0) is 23.5. The number of carbonyl (C=O) groups is 1. The first kappa shape index (κ1) is 31.1. The molecule has 0 atom stereocenters. The smallest absolute Gasteiger partial charge is 0.222 e. The number of rotatable bonds is 25. The van der Waals surface area contributed by atoms with Crippen molar-refractivity contribution in [2.75, 3.05) is 26.3 Å². The molecule has 0 aliphatic carbocycles. The second-order valence-electron chi connectivity index (χ2n) is 9.28. The maximum atomic E-state index is 12.0. The van der Waals surface area contributed by atoms with Gasteiger partial charge in [-0.2, -0.15) is 0 Å². The van der Waals surface area contributed by atoms with Crippen molar-refractivity contribution in [2.24, 2.45) is 0 Å². The summed E-state index contributed by atoms with van der Waals surface area (Å²) in [6.45, 7) is 2.85. The third kappa shape index (κ3) is 22.3. The molecule has 1 amide bonds. The van der Waals surface area contributed by atoms with Crippen LogP contribution in [0.15, 0.2) is 12.2 Å². The fraction of sp³-hybridized carbons (Fsp3) is 0.893. The van der Waals surface area contributed by atoms with Gasteiger partial charge < -0.3 is 15.1 Å². The van der Waals surface area contributed by atoms with Gasteiger partial charge >= 0.3 is 0 Å². The van der Waals surface area contributed by atoms with Gasteiger partial charge in [-0.3, -0.25) is 4.79 Å². The lowest BCUT2D eigenvalue weighted by atomic mass is 10.0. The molecule has 0 bridgehead atoms. The Morgan fingerprint density at radius 2 is 0.969 bits per heavy atom. The Balaban J connectivity index is 3.28. The Bertz CT molecular complexity index is 405. The third-order valence-electron chi connectivity index (χ3n) is 6.24. The number of hydrogen-bond acceptors (Lipinski definition) is 3. The first-order valence-electron chi connectivity index (χ1n) is 13.9. The Kier molecular flexibility index (Phi) is 25.7. The first-order chi connectivity index (χ1) is 15.8. The Hall–Kier alpha value is -0.870. The number of allylic oxidation sites excluding steroid dienone is 2. The average molecular weight is 454 g/mol. The van der Waals surface area contributed by atoms with Gasteiger partial charge in [-0.15, -0.1) is 0 Å². The van der Waals surface area contributed by atoms with Gasteiger partial charge in [0.25, 0.3) is 0 Å². The molecule has 190 valence electrons. The number of aliphatic hydroxyl groups excluding tert-OH is 2. The van der Waals surface area contributed by atoms with Crippen LogP contribution in [-0.4, -0.2) is 47.3 Å². The van der Waals surface area contributed by atoms with E-state index in [1.54, 1.807) is 4.90 Å². The van der Waals surface area contributed by atoms with Crippen molar-refractivity contribution < 1.29 is 15.0 Å². The molecule has 0 saturated heterocycles. The first-order valence-corrected chi connectivity index (χ1v) is 13.9. The Labute approximate surface area is 199 Å². The van der Waals surface area contributed by atoms with E-state index in [1.807, 2.05) is 0 Å². The van der Waals surface area contributed by atoms with E-state index >= 15 is 0 Å². The fourth-order valence-corrected chi connectivity index (χ4v) is 4.17. The number of aliphatic hydroxyl groups is 2. The summed E-state index contributed by atoms with van der Waals surface area (Å²) in [5.74, 6) is 0.0568. The van der Waals surface area contributed by atoms with Crippen LogP contribution in [0.5, 0.6) is 0 Å². The maximum absolute atomic E-state index is 12.0. The third-order valence-corrected chi connectivity index (χ3v) is 6.24. The maximum Gasteiger partial charge on any atom is 0.222 e. The molecule has 0 unspecified atom stereocenters. The normalized spacial score (nSPS) is 11.5. The monoisotopic (exact) mass is 453 g/mol. The zero-order valence-electron chi connectivity index (χ0n) is 21.4. The summed E-state index contributed by atoms with van der Waals surface area (Å²) in [6, 6.07) is 0. The molecule has 4 nitrogen and oxygen atoms in total. The number of hydrogen-bond donors (Lipinski definition) is 2. The quantitative estimate of drug-likeness (QED) is 0.114. The van der Waals surface area contributed by atoms with Crippen LogP contribution in [0, 0.1) is 0 Å².